The average Bonchev–Trinajstić information content (AvgIpc) is 2.95. The molecule has 0 atom stereocenters. The number of nitrogens with zero attached hydrogens (tertiary/aromatic N) is 3. The van der Waals surface area contributed by atoms with Crippen LogP contribution in [-0.2, 0) is 13.1 Å². The van der Waals surface area contributed by atoms with Gasteiger partial charge in [0.2, 0.25) is 0 Å². The number of hydrogen-bond acceptors (Lipinski definition) is 3. The number of carbonyl (C=O) groups excluding carboxylic acids is 1. The van der Waals surface area contributed by atoms with E-state index in [0.29, 0.717) is 11.1 Å². The molecule has 1 aliphatic carbocycles. The van der Waals surface area contributed by atoms with E-state index in [4.69, 9.17) is 4.98 Å². The normalized spacial score (nSPS) is 22.9. The Labute approximate surface area is 180 Å². The van der Waals surface area contributed by atoms with Gasteiger partial charge in [0, 0.05) is 24.7 Å². The molecule has 5 nitrogen and oxygen atoms in total. The summed E-state index contributed by atoms with van der Waals surface area (Å²) >= 11 is 0. The number of benzene rings is 1. The fourth-order valence-corrected chi connectivity index (χ4v) is 5.07. The van der Waals surface area contributed by atoms with Gasteiger partial charge in [-0.2, -0.15) is 0 Å². The second-order valence-corrected chi connectivity index (χ2v) is 10.2. The molecule has 0 saturated heterocycles. The third-order valence-electron chi connectivity index (χ3n) is 6.95. The van der Waals surface area contributed by atoms with Gasteiger partial charge < -0.3 is 14.8 Å². The predicted octanol–water partition coefficient (Wildman–Crippen LogP) is 4.72. The lowest BCUT2D eigenvalue weighted by molar-refractivity contribution is 0.0897. The van der Waals surface area contributed by atoms with Gasteiger partial charge in [-0.25, -0.2) is 4.98 Å². The topological polar surface area (TPSA) is 50.2 Å². The van der Waals surface area contributed by atoms with E-state index in [9.17, 15) is 4.79 Å². The highest BCUT2D eigenvalue weighted by molar-refractivity contribution is 5.94. The van der Waals surface area contributed by atoms with Crippen LogP contribution in [0.25, 0.3) is 11.4 Å². The van der Waals surface area contributed by atoms with E-state index in [2.05, 4.69) is 54.7 Å². The Kier molecular flexibility index (Phi) is 6.01. The Morgan fingerprint density at radius 3 is 2.43 bits per heavy atom. The summed E-state index contributed by atoms with van der Waals surface area (Å²) in [5, 5.41) is 3.32. The lowest BCUT2D eigenvalue weighted by atomic mass is 9.71. The van der Waals surface area contributed by atoms with Crippen LogP contribution in [0.1, 0.15) is 69.1 Å². The SMILES string of the molecule is CN1CCCn2c(-c3ccccc3)nc(C(=O)NC3CCC(C(C)(C)C)CC3)c2C1. The summed E-state index contributed by atoms with van der Waals surface area (Å²) in [5.74, 6) is 1.66. The summed E-state index contributed by atoms with van der Waals surface area (Å²) in [7, 11) is 2.13. The maximum atomic E-state index is 13.3. The molecular formula is C25H36N4O. The maximum absolute atomic E-state index is 13.3. The first-order chi connectivity index (χ1) is 14.3. The Balaban J connectivity index is 1.56. The molecule has 1 amide bonds. The lowest BCUT2D eigenvalue weighted by Gasteiger charge is -2.37. The van der Waals surface area contributed by atoms with Crippen molar-refractivity contribution in [2.24, 2.45) is 11.3 Å². The van der Waals surface area contributed by atoms with E-state index in [1.807, 2.05) is 18.2 Å². The molecule has 5 heteroatoms. The van der Waals surface area contributed by atoms with Gasteiger partial charge in [0.25, 0.3) is 5.91 Å². The van der Waals surface area contributed by atoms with E-state index in [1.165, 1.54) is 12.8 Å². The van der Waals surface area contributed by atoms with Crippen molar-refractivity contribution in [3.05, 3.63) is 41.7 Å². The number of amides is 1. The molecule has 0 radical (unpaired) electrons. The minimum atomic E-state index is -0.00422. The highest BCUT2D eigenvalue weighted by atomic mass is 16.2. The van der Waals surface area contributed by atoms with E-state index in [1.54, 1.807) is 0 Å². The first-order valence-corrected chi connectivity index (χ1v) is 11.5. The smallest absolute Gasteiger partial charge is 0.272 e. The van der Waals surface area contributed by atoms with Gasteiger partial charge in [-0.15, -0.1) is 0 Å². The van der Waals surface area contributed by atoms with Gasteiger partial charge in [-0.3, -0.25) is 4.79 Å². The highest BCUT2D eigenvalue weighted by Gasteiger charge is 2.32. The van der Waals surface area contributed by atoms with Crippen LogP contribution in [0.5, 0.6) is 0 Å². The molecule has 4 rings (SSSR count). The van der Waals surface area contributed by atoms with Crippen molar-refractivity contribution < 1.29 is 4.79 Å². The maximum Gasteiger partial charge on any atom is 0.272 e. The van der Waals surface area contributed by atoms with Crippen molar-refractivity contribution in [1.82, 2.24) is 19.8 Å². The summed E-state index contributed by atoms with van der Waals surface area (Å²) in [5.41, 5.74) is 3.09. The third kappa shape index (κ3) is 4.46. The Hall–Kier alpha value is -2.14. The van der Waals surface area contributed by atoms with Crippen molar-refractivity contribution in [2.45, 2.75) is 72.0 Å². The molecule has 2 aliphatic rings. The second kappa shape index (κ2) is 8.54. The van der Waals surface area contributed by atoms with Crippen LogP contribution >= 0.6 is 0 Å². The lowest BCUT2D eigenvalue weighted by Crippen LogP contribution is -2.40. The van der Waals surface area contributed by atoms with Crippen LogP contribution in [-0.4, -0.2) is 40.0 Å². The molecule has 1 aromatic heterocycles. The molecule has 2 aromatic rings. The van der Waals surface area contributed by atoms with Gasteiger partial charge in [0.15, 0.2) is 5.69 Å². The van der Waals surface area contributed by atoms with Gasteiger partial charge in [0.1, 0.15) is 5.82 Å². The molecule has 1 fully saturated rings. The first kappa shape index (κ1) is 21.1. The number of fused-ring (bicyclic) bond motifs is 1. The fourth-order valence-electron chi connectivity index (χ4n) is 5.07. The highest BCUT2D eigenvalue weighted by Crippen LogP contribution is 2.38. The predicted molar refractivity (Wildman–Crippen MR) is 121 cm³/mol. The molecular weight excluding hydrogens is 372 g/mol. The molecule has 0 bridgehead atoms. The average molecular weight is 409 g/mol. The van der Waals surface area contributed by atoms with Crippen molar-refractivity contribution in [3.63, 3.8) is 0 Å². The van der Waals surface area contributed by atoms with Crippen molar-refractivity contribution in [3.8, 4) is 11.4 Å². The monoisotopic (exact) mass is 408 g/mol. The number of hydrogen-bond donors (Lipinski definition) is 1. The van der Waals surface area contributed by atoms with Crippen molar-refractivity contribution in [1.29, 1.82) is 0 Å². The number of nitrogens with one attached hydrogen (secondary N) is 1. The van der Waals surface area contributed by atoms with Crippen LogP contribution in [0.4, 0.5) is 0 Å². The van der Waals surface area contributed by atoms with Crippen molar-refractivity contribution >= 4 is 5.91 Å². The molecule has 162 valence electrons. The van der Waals surface area contributed by atoms with Crippen LogP contribution in [0.15, 0.2) is 30.3 Å². The third-order valence-corrected chi connectivity index (χ3v) is 6.95. The Bertz CT molecular complexity index is 873. The summed E-state index contributed by atoms with van der Waals surface area (Å²) in [6.07, 6.45) is 5.57. The Morgan fingerprint density at radius 2 is 1.77 bits per heavy atom. The van der Waals surface area contributed by atoms with Crippen LogP contribution in [0.3, 0.4) is 0 Å². The number of rotatable bonds is 3. The zero-order chi connectivity index (χ0) is 21.3. The van der Waals surface area contributed by atoms with E-state index >= 15 is 0 Å². The van der Waals surface area contributed by atoms with Crippen LogP contribution in [0.2, 0.25) is 0 Å². The molecule has 1 saturated carbocycles. The quantitative estimate of drug-likeness (QED) is 0.799. The van der Waals surface area contributed by atoms with Crippen molar-refractivity contribution in [2.75, 3.05) is 13.6 Å². The zero-order valence-electron chi connectivity index (χ0n) is 18.9. The van der Waals surface area contributed by atoms with Gasteiger partial charge in [-0.05, 0) is 57.0 Å². The molecule has 1 aromatic carbocycles. The second-order valence-electron chi connectivity index (χ2n) is 10.2. The molecule has 0 unspecified atom stereocenters. The standard InChI is InChI=1S/C25H36N4O/c1-25(2,3)19-11-13-20(14-12-19)26-24(30)22-21-17-28(4)15-8-16-29(21)23(27-22)18-9-6-5-7-10-18/h5-7,9-10,19-20H,8,11-17H2,1-4H3,(H,26,30). The van der Waals surface area contributed by atoms with E-state index in [0.717, 1.165) is 61.9 Å². The van der Waals surface area contributed by atoms with E-state index < -0.39 is 0 Å². The molecule has 1 aliphatic heterocycles. The minimum Gasteiger partial charge on any atom is -0.348 e. The summed E-state index contributed by atoms with van der Waals surface area (Å²) in [6, 6.07) is 10.5. The summed E-state index contributed by atoms with van der Waals surface area (Å²) in [6.45, 7) is 9.70. The van der Waals surface area contributed by atoms with E-state index in [-0.39, 0.29) is 11.9 Å². The molecule has 0 spiro atoms. The first-order valence-electron chi connectivity index (χ1n) is 11.5. The fraction of sp³-hybridized carbons (Fsp3) is 0.600. The van der Waals surface area contributed by atoms with Gasteiger partial charge >= 0.3 is 0 Å². The zero-order valence-corrected chi connectivity index (χ0v) is 18.9. The largest absolute Gasteiger partial charge is 0.348 e. The van der Waals surface area contributed by atoms with Gasteiger partial charge in [0.05, 0.1) is 5.69 Å². The van der Waals surface area contributed by atoms with Crippen LogP contribution < -0.4 is 5.32 Å². The molecule has 30 heavy (non-hydrogen) atoms. The van der Waals surface area contributed by atoms with Gasteiger partial charge in [-0.1, -0.05) is 51.1 Å². The molecule has 2 heterocycles. The summed E-state index contributed by atoms with van der Waals surface area (Å²) < 4.78 is 2.27. The number of aromatic nitrogens is 2. The summed E-state index contributed by atoms with van der Waals surface area (Å²) in [4.78, 5) is 20.5. The Morgan fingerprint density at radius 1 is 1.07 bits per heavy atom. The number of imidazole rings is 1. The minimum absolute atomic E-state index is 0.00422. The van der Waals surface area contributed by atoms with Crippen LogP contribution in [0, 0.1) is 11.3 Å². The molecule has 1 N–H and O–H groups in total. The number of carbonyl (C=O) groups is 1.